The number of β-amino-alcohol motifs (C(OH)–C–C–N with tert-alkyl or cyclic N) is 1. The second kappa shape index (κ2) is 9.66. The number of carbonyl (C=O) groups excluding carboxylic acids is 1. The van der Waals surface area contributed by atoms with E-state index in [9.17, 15) is 9.90 Å². The summed E-state index contributed by atoms with van der Waals surface area (Å²) in [5, 5.41) is 10.5. The molecule has 3 aliphatic heterocycles. The minimum atomic E-state index is -0.489. The molecule has 0 bridgehead atoms. The van der Waals surface area contributed by atoms with Gasteiger partial charge in [0, 0.05) is 62.1 Å². The van der Waals surface area contributed by atoms with E-state index in [4.69, 9.17) is 11.6 Å². The van der Waals surface area contributed by atoms with E-state index >= 15 is 0 Å². The maximum absolute atomic E-state index is 13.5. The van der Waals surface area contributed by atoms with Crippen molar-refractivity contribution in [2.24, 2.45) is 5.92 Å². The summed E-state index contributed by atoms with van der Waals surface area (Å²) in [6.45, 7) is 4.47. The van der Waals surface area contributed by atoms with Gasteiger partial charge in [0.15, 0.2) is 0 Å². The van der Waals surface area contributed by atoms with E-state index in [1.54, 1.807) is 0 Å². The number of rotatable bonds is 6. The summed E-state index contributed by atoms with van der Waals surface area (Å²) in [5.74, 6) is 1.78. The van der Waals surface area contributed by atoms with Crippen molar-refractivity contribution in [1.82, 2.24) is 19.4 Å². The van der Waals surface area contributed by atoms with Crippen LogP contribution in [0.2, 0.25) is 5.02 Å². The summed E-state index contributed by atoms with van der Waals surface area (Å²) < 4.78 is 2.24. The van der Waals surface area contributed by atoms with Gasteiger partial charge in [0.1, 0.15) is 5.82 Å². The maximum atomic E-state index is 13.5. The Morgan fingerprint density at radius 3 is 2.58 bits per heavy atom. The Kier molecular flexibility index (Phi) is 6.36. The lowest BCUT2D eigenvalue weighted by Gasteiger charge is -2.36. The highest BCUT2D eigenvalue weighted by Crippen LogP contribution is 2.49. The van der Waals surface area contributed by atoms with E-state index in [1.807, 2.05) is 30.6 Å². The van der Waals surface area contributed by atoms with Crippen LogP contribution >= 0.6 is 11.6 Å². The van der Waals surface area contributed by atoms with Crippen LogP contribution < -0.4 is 0 Å². The fourth-order valence-electron chi connectivity index (χ4n) is 6.55. The van der Waals surface area contributed by atoms with Crippen molar-refractivity contribution >= 4 is 17.5 Å². The molecule has 6 nitrogen and oxygen atoms in total. The van der Waals surface area contributed by atoms with Crippen LogP contribution in [0.1, 0.15) is 43.2 Å². The molecule has 3 aliphatic rings. The van der Waals surface area contributed by atoms with Gasteiger partial charge in [0.05, 0.1) is 11.6 Å². The lowest BCUT2D eigenvalue weighted by atomic mass is 9.79. The first-order valence-corrected chi connectivity index (χ1v) is 13.5. The Hall–Kier alpha value is -2.67. The molecule has 3 aromatic rings. The third kappa shape index (κ3) is 4.15. The molecule has 188 valence electrons. The zero-order chi connectivity index (χ0) is 24.7. The zero-order valence-corrected chi connectivity index (χ0v) is 21.3. The molecule has 0 saturated carbocycles. The minimum absolute atomic E-state index is 0.170. The Bertz CT molecular complexity index is 1230. The molecule has 4 heterocycles. The average Bonchev–Trinajstić information content (AvgIpc) is 3.60. The van der Waals surface area contributed by atoms with Gasteiger partial charge in [-0.05, 0) is 54.9 Å². The number of aliphatic hydroxyl groups is 1. The first kappa shape index (κ1) is 23.7. The lowest BCUT2D eigenvalue weighted by molar-refractivity contribution is -0.133. The Morgan fingerprint density at radius 1 is 1.06 bits per heavy atom. The number of imidazole rings is 1. The normalized spacial score (nSPS) is 24.2. The van der Waals surface area contributed by atoms with Gasteiger partial charge in [0.25, 0.3) is 0 Å². The second-order valence-corrected chi connectivity index (χ2v) is 11.0. The zero-order valence-electron chi connectivity index (χ0n) is 20.5. The van der Waals surface area contributed by atoms with Crippen molar-refractivity contribution in [2.45, 2.75) is 43.7 Å². The number of halogens is 1. The van der Waals surface area contributed by atoms with Crippen molar-refractivity contribution in [2.75, 3.05) is 32.7 Å². The average molecular weight is 505 g/mol. The van der Waals surface area contributed by atoms with Gasteiger partial charge in [-0.1, -0.05) is 48.0 Å². The lowest BCUT2D eigenvalue weighted by Crippen LogP contribution is -2.42. The van der Waals surface area contributed by atoms with Gasteiger partial charge >= 0.3 is 0 Å². The number of amides is 1. The van der Waals surface area contributed by atoms with Crippen LogP contribution in [0, 0.1) is 5.92 Å². The third-order valence-electron chi connectivity index (χ3n) is 8.42. The van der Waals surface area contributed by atoms with E-state index in [1.165, 1.54) is 5.56 Å². The van der Waals surface area contributed by atoms with Crippen molar-refractivity contribution in [3.05, 3.63) is 77.1 Å². The van der Waals surface area contributed by atoms with Gasteiger partial charge in [-0.3, -0.25) is 4.79 Å². The number of hydrogen-bond donors (Lipinski definition) is 1. The molecular weight excluding hydrogens is 472 g/mol. The Morgan fingerprint density at radius 2 is 1.83 bits per heavy atom. The molecule has 7 heteroatoms. The molecule has 1 aromatic heterocycles. The van der Waals surface area contributed by atoms with E-state index in [2.05, 4.69) is 49.7 Å². The number of hydrogen-bond acceptors (Lipinski definition) is 4. The molecular formula is C29H33ClN4O2. The van der Waals surface area contributed by atoms with Gasteiger partial charge in [-0.15, -0.1) is 0 Å². The highest BCUT2D eigenvalue weighted by atomic mass is 35.5. The molecule has 0 radical (unpaired) electrons. The third-order valence-corrected chi connectivity index (χ3v) is 8.67. The van der Waals surface area contributed by atoms with Crippen LogP contribution in [-0.2, 0) is 10.3 Å². The quantitative estimate of drug-likeness (QED) is 0.540. The predicted molar refractivity (Wildman–Crippen MR) is 141 cm³/mol. The van der Waals surface area contributed by atoms with Crippen molar-refractivity contribution in [3.63, 3.8) is 0 Å². The van der Waals surface area contributed by atoms with Crippen LogP contribution in [0.3, 0.4) is 0 Å². The summed E-state index contributed by atoms with van der Waals surface area (Å²) in [6, 6.07) is 16.4. The number of piperidine rings is 1. The summed E-state index contributed by atoms with van der Waals surface area (Å²) in [6.07, 6.45) is 7.81. The van der Waals surface area contributed by atoms with Crippen LogP contribution in [0.4, 0.5) is 0 Å². The summed E-state index contributed by atoms with van der Waals surface area (Å²) in [4.78, 5) is 22.6. The number of aromatic nitrogens is 2. The fraction of sp³-hybridized carbons (Fsp3) is 0.448. The topological polar surface area (TPSA) is 61.6 Å². The molecule has 0 aliphatic carbocycles. The maximum Gasteiger partial charge on any atom is 0.222 e. The van der Waals surface area contributed by atoms with E-state index in [0.29, 0.717) is 23.8 Å². The molecule has 36 heavy (non-hydrogen) atoms. The van der Waals surface area contributed by atoms with Crippen LogP contribution in [-0.4, -0.2) is 69.2 Å². The van der Waals surface area contributed by atoms with Gasteiger partial charge < -0.3 is 19.5 Å². The first-order chi connectivity index (χ1) is 17.5. The van der Waals surface area contributed by atoms with E-state index < -0.39 is 5.54 Å². The predicted octanol–water partition coefficient (Wildman–Crippen LogP) is 4.39. The Balaban J connectivity index is 1.19. The molecule has 2 unspecified atom stereocenters. The Labute approximate surface area is 217 Å². The monoisotopic (exact) mass is 504 g/mol. The summed E-state index contributed by atoms with van der Waals surface area (Å²) >= 11 is 6.25. The standard InChI is InChI=1S/C29H33ClN4O2/c30-23-7-5-22(6-8-23)29(26-4-2-1-3-25(26)28-31-14-18-34(28)29)13-9-27(36)33-16-10-21(11-17-33)19-32-15-12-24(35)20-32/h1-8,14,18,21,24,35H,9-13,15-17,19-20H2. The molecule has 1 N–H and O–H groups in total. The molecule has 0 spiro atoms. The SMILES string of the molecule is O=C(CCC1(c2ccc(Cl)cc2)c2ccccc2-c2nccn21)N1CCC(CN2CCC(O)C2)CC1. The van der Waals surface area contributed by atoms with Crippen LogP contribution in [0.25, 0.3) is 11.4 Å². The van der Waals surface area contributed by atoms with E-state index in [0.717, 1.165) is 68.9 Å². The number of benzene rings is 2. The smallest absolute Gasteiger partial charge is 0.222 e. The van der Waals surface area contributed by atoms with E-state index in [-0.39, 0.29) is 12.0 Å². The summed E-state index contributed by atoms with van der Waals surface area (Å²) in [7, 11) is 0. The molecule has 2 fully saturated rings. The van der Waals surface area contributed by atoms with Crippen molar-refractivity contribution < 1.29 is 9.90 Å². The van der Waals surface area contributed by atoms with Crippen molar-refractivity contribution in [1.29, 1.82) is 0 Å². The molecule has 6 rings (SSSR count). The van der Waals surface area contributed by atoms with Gasteiger partial charge in [0.2, 0.25) is 5.91 Å². The fourth-order valence-corrected chi connectivity index (χ4v) is 6.68. The number of aliphatic hydroxyl groups excluding tert-OH is 1. The number of fused-ring (bicyclic) bond motifs is 3. The minimum Gasteiger partial charge on any atom is -0.392 e. The van der Waals surface area contributed by atoms with Gasteiger partial charge in [-0.25, -0.2) is 4.98 Å². The second-order valence-electron chi connectivity index (χ2n) is 10.6. The molecule has 2 aromatic carbocycles. The number of nitrogens with zero attached hydrogens (tertiary/aromatic N) is 4. The van der Waals surface area contributed by atoms with Crippen molar-refractivity contribution in [3.8, 4) is 11.4 Å². The first-order valence-electron chi connectivity index (χ1n) is 13.1. The molecule has 1 amide bonds. The number of likely N-dealkylation sites (tertiary alicyclic amines) is 2. The highest BCUT2D eigenvalue weighted by molar-refractivity contribution is 6.30. The molecule has 2 saturated heterocycles. The van der Waals surface area contributed by atoms with Crippen LogP contribution in [0.15, 0.2) is 60.9 Å². The summed E-state index contributed by atoms with van der Waals surface area (Å²) in [5.41, 5.74) is 2.94. The van der Waals surface area contributed by atoms with Crippen LogP contribution in [0.5, 0.6) is 0 Å². The molecule has 2 atom stereocenters. The highest BCUT2D eigenvalue weighted by Gasteiger charge is 2.45. The largest absolute Gasteiger partial charge is 0.392 e. The number of carbonyl (C=O) groups is 1. The van der Waals surface area contributed by atoms with Gasteiger partial charge in [-0.2, -0.15) is 0 Å².